The van der Waals surface area contributed by atoms with Crippen molar-refractivity contribution in [2.45, 2.75) is 13.0 Å². The van der Waals surface area contributed by atoms with E-state index in [-0.39, 0.29) is 5.91 Å². The lowest BCUT2D eigenvalue weighted by molar-refractivity contribution is 0.0945. The first kappa shape index (κ1) is 20.4. The molecule has 3 heterocycles. The summed E-state index contributed by atoms with van der Waals surface area (Å²) in [6.45, 7) is 0.292. The number of rotatable bonds is 5. The zero-order valence-electron chi connectivity index (χ0n) is 16.8. The van der Waals surface area contributed by atoms with Crippen LogP contribution in [-0.4, -0.2) is 26.1 Å². The molecule has 0 saturated carbocycles. The molecule has 1 amide bonds. The number of nitrogens with zero attached hydrogens (tertiary/aromatic N) is 3. The Labute approximate surface area is 193 Å². The Morgan fingerprint density at radius 2 is 1.84 bits per heavy atom. The fraction of sp³-hybridized carbons (Fsp3) is 0.0833. The molecule has 5 aromatic rings. The van der Waals surface area contributed by atoms with Gasteiger partial charge in [-0.25, -0.2) is 4.98 Å². The van der Waals surface area contributed by atoms with Gasteiger partial charge in [-0.05, 0) is 54.1 Å². The predicted molar refractivity (Wildman–Crippen MR) is 126 cm³/mol. The quantitative estimate of drug-likeness (QED) is 0.370. The number of halogens is 2. The first-order chi connectivity index (χ1) is 15.5. The molecule has 0 spiro atoms. The lowest BCUT2D eigenvalue weighted by Crippen LogP contribution is -2.24. The summed E-state index contributed by atoms with van der Waals surface area (Å²) < 4.78 is 0. The van der Waals surface area contributed by atoms with Gasteiger partial charge < -0.3 is 5.32 Å². The topological polar surface area (TPSA) is 83.6 Å². The van der Waals surface area contributed by atoms with Gasteiger partial charge in [0.2, 0.25) is 0 Å². The Morgan fingerprint density at radius 3 is 2.75 bits per heavy atom. The lowest BCUT2D eigenvalue weighted by Gasteiger charge is -2.07. The molecule has 32 heavy (non-hydrogen) atoms. The molecule has 0 unspecified atom stereocenters. The lowest BCUT2D eigenvalue weighted by atomic mass is 10.1. The van der Waals surface area contributed by atoms with Gasteiger partial charge in [-0.3, -0.25) is 14.9 Å². The molecule has 5 rings (SSSR count). The third-order valence-electron chi connectivity index (χ3n) is 5.16. The van der Waals surface area contributed by atoms with Crippen molar-refractivity contribution in [3.05, 3.63) is 99.6 Å². The maximum atomic E-state index is 12.7. The fourth-order valence-corrected chi connectivity index (χ4v) is 3.95. The van der Waals surface area contributed by atoms with E-state index < -0.39 is 0 Å². The van der Waals surface area contributed by atoms with Gasteiger partial charge in [0.1, 0.15) is 5.69 Å². The minimum absolute atomic E-state index is 0.258. The molecule has 0 atom stereocenters. The van der Waals surface area contributed by atoms with Crippen molar-refractivity contribution < 1.29 is 4.79 Å². The van der Waals surface area contributed by atoms with E-state index in [1.165, 1.54) is 0 Å². The van der Waals surface area contributed by atoms with Crippen LogP contribution >= 0.6 is 23.2 Å². The standard InChI is InChI=1S/C24H17Cl2N5O/c25-16-5-7-21-19(11-16)23(31-30-21)13-28-24(32)22-3-1-2-18(29-22)9-14-4-6-20-15(8-14)10-17(26)12-27-20/h1-8,10-12H,9,13H2,(H,28,32)(H,30,31). The average Bonchev–Trinajstić information content (AvgIpc) is 3.19. The third-order valence-corrected chi connectivity index (χ3v) is 5.60. The van der Waals surface area contributed by atoms with Crippen molar-refractivity contribution in [2.75, 3.05) is 0 Å². The first-order valence-corrected chi connectivity index (χ1v) is 10.7. The van der Waals surface area contributed by atoms with Crippen molar-refractivity contribution in [2.24, 2.45) is 0 Å². The van der Waals surface area contributed by atoms with E-state index in [0.717, 1.165) is 38.8 Å². The van der Waals surface area contributed by atoms with Crippen LogP contribution in [0.25, 0.3) is 21.8 Å². The number of aromatic amines is 1. The Morgan fingerprint density at radius 1 is 0.969 bits per heavy atom. The summed E-state index contributed by atoms with van der Waals surface area (Å²) in [6.07, 6.45) is 2.22. The molecule has 0 radical (unpaired) electrons. The van der Waals surface area contributed by atoms with Gasteiger partial charge in [0.25, 0.3) is 5.91 Å². The van der Waals surface area contributed by atoms with E-state index >= 15 is 0 Å². The van der Waals surface area contributed by atoms with E-state index in [2.05, 4.69) is 25.5 Å². The molecule has 0 fully saturated rings. The number of carbonyl (C=O) groups is 1. The highest BCUT2D eigenvalue weighted by Gasteiger charge is 2.11. The number of benzene rings is 2. The molecule has 158 valence electrons. The summed E-state index contributed by atoms with van der Waals surface area (Å²) in [7, 11) is 0. The molecule has 0 aliphatic rings. The van der Waals surface area contributed by atoms with Crippen LogP contribution in [0.4, 0.5) is 0 Å². The summed E-state index contributed by atoms with van der Waals surface area (Å²) in [5, 5.41) is 13.1. The number of amides is 1. The van der Waals surface area contributed by atoms with Crippen molar-refractivity contribution in [1.82, 2.24) is 25.5 Å². The van der Waals surface area contributed by atoms with Gasteiger partial charge in [-0.15, -0.1) is 0 Å². The Kier molecular flexibility index (Phi) is 5.47. The number of hydrogen-bond donors (Lipinski definition) is 2. The van der Waals surface area contributed by atoms with Crippen LogP contribution in [0.5, 0.6) is 0 Å². The summed E-state index contributed by atoms with van der Waals surface area (Å²) in [5.74, 6) is -0.258. The normalized spacial score (nSPS) is 11.2. The van der Waals surface area contributed by atoms with Crippen LogP contribution in [0.1, 0.15) is 27.4 Å². The summed E-state index contributed by atoms with van der Waals surface area (Å²) in [5.41, 5.74) is 4.68. The molecule has 3 aromatic heterocycles. The molecule has 2 aromatic carbocycles. The fourth-order valence-electron chi connectivity index (χ4n) is 3.61. The maximum Gasteiger partial charge on any atom is 0.270 e. The van der Waals surface area contributed by atoms with Gasteiger partial charge in [0.15, 0.2) is 0 Å². The van der Waals surface area contributed by atoms with Gasteiger partial charge >= 0.3 is 0 Å². The zero-order chi connectivity index (χ0) is 22.1. The van der Waals surface area contributed by atoms with E-state index in [4.69, 9.17) is 23.2 Å². The number of fused-ring (bicyclic) bond motifs is 2. The average molecular weight is 462 g/mol. The molecular formula is C24H17Cl2N5O. The van der Waals surface area contributed by atoms with Crippen molar-refractivity contribution >= 4 is 50.9 Å². The molecular weight excluding hydrogens is 445 g/mol. The second-order valence-electron chi connectivity index (χ2n) is 7.42. The monoisotopic (exact) mass is 461 g/mol. The molecule has 0 bridgehead atoms. The van der Waals surface area contributed by atoms with Gasteiger partial charge in [0.05, 0.1) is 28.3 Å². The number of H-pyrrole nitrogens is 1. The minimum Gasteiger partial charge on any atom is -0.345 e. The SMILES string of the molecule is O=C(NCc1[nH]nc2ccc(Cl)cc12)c1cccc(Cc2ccc3ncc(Cl)cc3c2)n1. The highest BCUT2D eigenvalue weighted by Crippen LogP contribution is 2.21. The molecule has 2 N–H and O–H groups in total. The van der Waals surface area contributed by atoms with Crippen LogP contribution < -0.4 is 5.32 Å². The minimum atomic E-state index is -0.258. The van der Waals surface area contributed by atoms with Crippen LogP contribution in [-0.2, 0) is 13.0 Å². The summed E-state index contributed by atoms with van der Waals surface area (Å²) in [4.78, 5) is 21.6. The highest BCUT2D eigenvalue weighted by atomic mass is 35.5. The zero-order valence-corrected chi connectivity index (χ0v) is 18.3. The Hall–Kier alpha value is -3.48. The van der Waals surface area contributed by atoms with E-state index in [9.17, 15) is 4.79 Å². The number of nitrogens with one attached hydrogen (secondary N) is 2. The highest BCUT2D eigenvalue weighted by molar-refractivity contribution is 6.31. The van der Waals surface area contributed by atoms with Crippen LogP contribution in [0.2, 0.25) is 10.0 Å². The first-order valence-electron chi connectivity index (χ1n) is 9.96. The maximum absolute atomic E-state index is 12.7. The van der Waals surface area contributed by atoms with Gasteiger partial charge in [0, 0.05) is 34.1 Å². The number of aromatic nitrogens is 4. The predicted octanol–water partition coefficient (Wildman–Crippen LogP) is 5.33. The smallest absolute Gasteiger partial charge is 0.270 e. The Bertz CT molecular complexity index is 1460. The number of hydrogen-bond acceptors (Lipinski definition) is 4. The van der Waals surface area contributed by atoms with E-state index in [1.807, 2.05) is 48.5 Å². The van der Waals surface area contributed by atoms with Crippen molar-refractivity contribution in [3.8, 4) is 0 Å². The largest absolute Gasteiger partial charge is 0.345 e. The molecule has 0 saturated heterocycles. The molecule has 6 nitrogen and oxygen atoms in total. The van der Waals surface area contributed by atoms with Gasteiger partial charge in [-0.1, -0.05) is 35.3 Å². The van der Waals surface area contributed by atoms with Crippen LogP contribution in [0.3, 0.4) is 0 Å². The second-order valence-corrected chi connectivity index (χ2v) is 8.29. The second kappa shape index (κ2) is 8.57. The summed E-state index contributed by atoms with van der Waals surface area (Å²) in [6, 6.07) is 18.8. The third kappa shape index (κ3) is 4.28. The molecule has 0 aliphatic heterocycles. The van der Waals surface area contributed by atoms with E-state index in [1.54, 1.807) is 18.3 Å². The Balaban J connectivity index is 1.31. The van der Waals surface area contributed by atoms with Crippen LogP contribution in [0, 0.1) is 0 Å². The summed E-state index contributed by atoms with van der Waals surface area (Å²) >= 11 is 12.1. The molecule has 0 aliphatic carbocycles. The van der Waals surface area contributed by atoms with Crippen molar-refractivity contribution in [1.29, 1.82) is 0 Å². The van der Waals surface area contributed by atoms with Gasteiger partial charge in [-0.2, -0.15) is 5.10 Å². The van der Waals surface area contributed by atoms with Crippen LogP contribution in [0.15, 0.2) is 66.9 Å². The van der Waals surface area contributed by atoms with E-state index in [0.29, 0.717) is 28.7 Å². The number of pyridine rings is 2. The van der Waals surface area contributed by atoms with Crippen molar-refractivity contribution in [3.63, 3.8) is 0 Å². The number of carbonyl (C=O) groups excluding carboxylic acids is 1. The molecule has 8 heteroatoms.